The fourth-order valence-electron chi connectivity index (χ4n) is 4.26. The zero-order chi connectivity index (χ0) is 21.8. The lowest BCUT2D eigenvalue weighted by atomic mass is 9.85. The smallest absolute Gasteiger partial charge is 0.177 e. The molecule has 3 heterocycles. The van der Waals surface area contributed by atoms with Crippen LogP contribution in [0.15, 0.2) is 64.7 Å². The Morgan fingerprint density at radius 2 is 1.97 bits per heavy atom. The molecule has 0 saturated carbocycles. The molecular formula is C24H23N3O3S. The molecule has 1 aromatic heterocycles. The van der Waals surface area contributed by atoms with Gasteiger partial charge in [0.25, 0.3) is 0 Å². The van der Waals surface area contributed by atoms with Crippen LogP contribution in [0, 0.1) is 0 Å². The number of anilines is 2. The summed E-state index contributed by atoms with van der Waals surface area (Å²) in [6.45, 7) is 5.46. The molecule has 0 fully saturated rings. The van der Waals surface area contributed by atoms with Crippen LogP contribution in [0.5, 0.6) is 5.75 Å². The first-order valence-electron chi connectivity index (χ1n) is 10.1. The van der Waals surface area contributed by atoms with Crippen LogP contribution in [0.2, 0.25) is 0 Å². The van der Waals surface area contributed by atoms with Gasteiger partial charge < -0.3 is 9.64 Å². The monoisotopic (exact) mass is 433 g/mol. The van der Waals surface area contributed by atoms with Crippen molar-refractivity contribution in [3.8, 4) is 16.9 Å². The zero-order valence-corrected chi connectivity index (χ0v) is 18.5. The lowest BCUT2D eigenvalue weighted by Crippen LogP contribution is -2.24. The highest BCUT2D eigenvalue weighted by Gasteiger charge is 2.32. The predicted molar refractivity (Wildman–Crippen MR) is 123 cm³/mol. The van der Waals surface area contributed by atoms with E-state index in [1.54, 1.807) is 18.5 Å². The zero-order valence-electron chi connectivity index (χ0n) is 17.7. The van der Waals surface area contributed by atoms with Gasteiger partial charge in [-0.25, -0.2) is 8.42 Å². The van der Waals surface area contributed by atoms with Gasteiger partial charge in [-0.2, -0.15) is 0 Å². The molecule has 6 nitrogen and oxygen atoms in total. The highest BCUT2D eigenvalue weighted by atomic mass is 32.2. The first-order chi connectivity index (χ1) is 14.8. The van der Waals surface area contributed by atoms with E-state index in [9.17, 15) is 8.42 Å². The van der Waals surface area contributed by atoms with E-state index in [2.05, 4.69) is 29.9 Å². The first-order valence-corrected chi connectivity index (χ1v) is 12.0. The van der Waals surface area contributed by atoms with Gasteiger partial charge >= 0.3 is 0 Å². The maximum absolute atomic E-state index is 12.5. The van der Waals surface area contributed by atoms with Crippen molar-refractivity contribution >= 4 is 33.1 Å². The summed E-state index contributed by atoms with van der Waals surface area (Å²) >= 11 is 0. The van der Waals surface area contributed by atoms with Gasteiger partial charge in [0.15, 0.2) is 9.84 Å². The Kier molecular flexibility index (Phi) is 4.41. The Hall–Kier alpha value is -3.19. The molecule has 0 saturated heterocycles. The molecule has 7 heteroatoms. The van der Waals surface area contributed by atoms with Crippen LogP contribution in [0.25, 0.3) is 11.1 Å². The third kappa shape index (κ3) is 3.29. The summed E-state index contributed by atoms with van der Waals surface area (Å²) in [7, 11) is -3.43. The second-order valence-corrected chi connectivity index (χ2v) is 10.6. The molecule has 0 radical (unpaired) electrons. The summed E-state index contributed by atoms with van der Waals surface area (Å²) in [5, 5.41) is 0. The van der Waals surface area contributed by atoms with Crippen molar-refractivity contribution < 1.29 is 13.2 Å². The molecule has 5 rings (SSSR count). The van der Waals surface area contributed by atoms with Gasteiger partial charge in [-0.3, -0.25) is 9.98 Å². The van der Waals surface area contributed by atoms with Crippen molar-refractivity contribution in [3.63, 3.8) is 0 Å². The van der Waals surface area contributed by atoms with Gasteiger partial charge in [0.1, 0.15) is 5.75 Å². The van der Waals surface area contributed by atoms with Gasteiger partial charge in [0.2, 0.25) is 0 Å². The molecule has 0 aliphatic carbocycles. The van der Waals surface area contributed by atoms with Gasteiger partial charge in [-0.1, -0.05) is 32.0 Å². The summed E-state index contributed by atoms with van der Waals surface area (Å²) in [4.78, 5) is 11.0. The van der Waals surface area contributed by atoms with Crippen molar-refractivity contribution in [2.45, 2.75) is 24.2 Å². The average Bonchev–Trinajstić information content (AvgIpc) is 3.06. The number of aliphatic imine (C=N–C) groups is 1. The molecule has 0 bridgehead atoms. The standard InChI is InChI=1S/C24H23N3O3S/c1-24(2)15-30-21-8-7-16(13-18(21)24)17-5-4-6-19-23(17)27(12-11-26-19)20-14-25-10-9-22(20)31(3,28)29/h4-11,13-14H,12,15H2,1-3H3. The molecule has 0 amide bonds. The van der Waals surface area contributed by atoms with Crippen LogP contribution in [-0.4, -0.2) is 39.0 Å². The molecule has 2 aliphatic rings. The summed E-state index contributed by atoms with van der Waals surface area (Å²) < 4.78 is 30.8. The normalized spacial score (nSPS) is 16.5. The highest BCUT2D eigenvalue weighted by molar-refractivity contribution is 7.90. The van der Waals surface area contributed by atoms with E-state index in [0.717, 1.165) is 28.3 Å². The van der Waals surface area contributed by atoms with Gasteiger partial charge in [-0.15, -0.1) is 0 Å². The fourth-order valence-corrected chi connectivity index (χ4v) is 5.11. The van der Waals surface area contributed by atoms with E-state index in [1.807, 2.05) is 35.2 Å². The van der Waals surface area contributed by atoms with E-state index in [1.165, 1.54) is 18.0 Å². The minimum atomic E-state index is -3.43. The number of benzene rings is 2. The fraction of sp³-hybridized carbons (Fsp3) is 0.250. The third-order valence-electron chi connectivity index (χ3n) is 5.84. The number of para-hydroxylation sites is 1. The summed E-state index contributed by atoms with van der Waals surface area (Å²) in [6, 6.07) is 13.8. The highest BCUT2D eigenvalue weighted by Crippen LogP contribution is 2.47. The number of hydrogen-bond acceptors (Lipinski definition) is 6. The summed E-state index contributed by atoms with van der Waals surface area (Å²) in [5.74, 6) is 0.917. The summed E-state index contributed by atoms with van der Waals surface area (Å²) in [6.07, 6.45) is 6.13. The second-order valence-electron chi connectivity index (χ2n) is 8.59. The second kappa shape index (κ2) is 6.92. The Balaban J connectivity index is 1.72. The average molecular weight is 434 g/mol. The number of nitrogens with zero attached hydrogens (tertiary/aromatic N) is 3. The first kappa shape index (κ1) is 19.8. The Bertz CT molecular complexity index is 1330. The number of rotatable bonds is 3. The van der Waals surface area contributed by atoms with Crippen LogP contribution >= 0.6 is 0 Å². The topological polar surface area (TPSA) is 71.9 Å². The van der Waals surface area contributed by atoms with Crippen molar-refractivity contribution in [1.82, 2.24) is 4.98 Å². The lowest BCUT2D eigenvalue weighted by Gasteiger charge is -2.31. The number of aromatic nitrogens is 1. The molecule has 0 unspecified atom stereocenters. The predicted octanol–water partition coefficient (Wildman–Crippen LogP) is 4.68. The third-order valence-corrected chi connectivity index (χ3v) is 6.98. The molecule has 0 atom stereocenters. The number of sulfone groups is 1. The van der Waals surface area contributed by atoms with Crippen molar-refractivity contribution in [2.24, 2.45) is 4.99 Å². The van der Waals surface area contributed by atoms with Crippen LogP contribution in [-0.2, 0) is 15.3 Å². The maximum Gasteiger partial charge on any atom is 0.177 e. The minimum absolute atomic E-state index is 0.0646. The van der Waals surface area contributed by atoms with E-state index >= 15 is 0 Å². The van der Waals surface area contributed by atoms with E-state index in [0.29, 0.717) is 18.8 Å². The molecule has 0 spiro atoms. The van der Waals surface area contributed by atoms with Crippen LogP contribution < -0.4 is 9.64 Å². The van der Waals surface area contributed by atoms with Crippen LogP contribution in [0.1, 0.15) is 19.4 Å². The van der Waals surface area contributed by atoms with E-state index in [-0.39, 0.29) is 10.3 Å². The lowest BCUT2D eigenvalue weighted by molar-refractivity contribution is 0.291. The largest absolute Gasteiger partial charge is 0.492 e. The van der Waals surface area contributed by atoms with Gasteiger partial charge in [-0.05, 0) is 29.8 Å². The van der Waals surface area contributed by atoms with E-state index in [4.69, 9.17) is 4.74 Å². The summed E-state index contributed by atoms with van der Waals surface area (Å²) in [5.41, 5.74) is 5.36. The molecule has 2 aromatic carbocycles. The van der Waals surface area contributed by atoms with Crippen molar-refractivity contribution in [1.29, 1.82) is 0 Å². The van der Waals surface area contributed by atoms with E-state index < -0.39 is 9.84 Å². The van der Waals surface area contributed by atoms with Crippen LogP contribution in [0.3, 0.4) is 0 Å². The maximum atomic E-state index is 12.5. The number of pyridine rings is 1. The quantitative estimate of drug-likeness (QED) is 0.600. The Morgan fingerprint density at radius 1 is 1.13 bits per heavy atom. The van der Waals surface area contributed by atoms with Crippen molar-refractivity contribution in [3.05, 3.63) is 60.4 Å². The molecular weight excluding hydrogens is 410 g/mol. The van der Waals surface area contributed by atoms with Gasteiger partial charge in [0, 0.05) is 35.2 Å². The molecule has 2 aliphatic heterocycles. The van der Waals surface area contributed by atoms with Gasteiger partial charge in [0.05, 0.1) is 41.3 Å². The molecule has 0 N–H and O–H groups in total. The minimum Gasteiger partial charge on any atom is -0.492 e. The number of fused-ring (bicyclic) bond motifs is 2. The Morgan fingerprint density at radius 3 is 2.77 bits per heavy atom. The van der Waals surface area contributed by atoms with Crippen molar-refractivity contribution in [2.75, 3.05) is 24.3 Å². The number of ether oxygens (including phenoxy) is 1. The molecule has 158 valence electrons. The molecule has 31 heavy (non-hydrogen) atoms. The Labute approximate surface area is 182 Å². The molecule has 3 aromatic rings. The number of hydrogen-bond donors (Lipinski definition) is 0. The van der Waals surface area contributed by atoms with Crippen LogP contribution in [0.4, 0.5) is 17.1 Å². The SMILES string of the molecule is CC1(C)COc2ccc(-c3cccc4c3N(c3cnccc3S(C)(=O)=O)CC=N4)cc21.